The summed E-state index contributed by atoms with van der Waals surface area (Å²) in [6.07, 6.45) is 4.27. The first-order chi connectivity index (χ1) is 10.7. The van der Waals surface area contributed by atoms with Crippen LogP contribution >= 0.6 is 11.3 Å². The Morgan fingerprint density at radius 1 is 1.36 bits per heavy atom. The molecule has 1 aliphatic heterocycles. The maximum absolute atomic E-state index is 10.8. The highest BCUT2D eigenvalue weighted by Gasteiger charge is 2.20. The third kappa shape index (κ3) is 3.71. The Labute approximate surface area is 133 Å². The molecule has 6 heteroatoms. The quantitative estimate of drug-likeness (QED) is 0.857. The number of nitrogens with one attached hydrogen (secondary N) is 1. The van der Waals surface area contributed by atoms with Crippen LogP contribution in [0.1, 0.15) is 44.8 Å². The van der Waals surface area contributed by atoms with Gasteiger partial charge in [0.15, 0.2) is 0 Å². The molecule has 0 bridgehead atoms. The summed E-state index contributed by atoms with van der Waals surface area (Å²) < 4.78 is 5.64. The van der Waals surface area contributed by atoms with Gasteiger partial charge in [-0.3, -0.25) is 0 Å². The van der Waals surface area contributed by atoms with Gasteiger partial charge in [-0.25, -0.2) is 9.78 Å². The fourth-order valence-electron chi connectivity index (χ4n) is 2.42. The van der Waals surface area contributed by atoms with Crippen LogP contribution in [-0.4, -0.2) is 22.7 Å². The summed E-state index contributed by atoms with van der Waals surface area (Å²) >= 11 is 1.70. The van der Waals surface area contributed by atoms with Crippen LogP contribution < -0.4 is 5.32 Å². The molecule has 1 unspecified atom stereocenters. The Kier molecular flexibility index (Phi) is 4.82. The molecule has 2 aromatic rings. The summed E-state index contributed by atoms with van der Waals surface area (Å²) in [5.41, 5.74) is 1.38. The average molecular weight is 318 g/mol. The summed E-state index contributed by atoms with van der Waals surface area (Å²) in [7, 11) is 0. The molecule has 1 aromatic heterocycles. The van der Waals surface area contributed by atoms with E-state index in [-0.39, 0.29) is 6.10 Å². The van der Waals surface area contributed by atoms with Crippen LogP contribution in [0.3, 0.4) is 0 Å². The molecule has 0 saturated carbocycles. The first kappa shape index (κ1) is 15.1. The number of hydrogen-bond acceptors (Lipinski definition) is 5. The molecule has 1 atom stereocenters. The lowest BCUT2D eigenvalue weighted by molar-refractivity contribution is 0.0697. The topological polar surface area (TPSA) is 71.5 Å². The van der Waals surface area contributed by atoms with E-state index in [0.29, 0.717) is 12.1 Å². The van der Waals surface area contributed by atoms with Gasteiger partial charge in [0.1, 0.15) is 11.1 Å². The first-order valence-electron chi connectivity index (χ1n) is 7.31. The smallest absolute Gasteiger partial charge is 0.335 e. The van der Waals surface area contributed by atoms with Crippen LogP contribution in [-0.2, 0) is 17.8 Å². The van der Waals surface area contributed by atoms with Crippen molar-refractivity contribution in [2.24, 2.45) is 0 Å². The zero-order valence-electron chi connectivity index (χ0n) is 12.1. The van der Waals surface area contributed by atoms with Crippen molar-refractivity contribution in [1.82, 2.24) is 10.3 Å². The van der Waals surface area contributed by atoms with E-state index in [2.05, 4.69) is 10.3 Å². The number of rotatable bonds is 6. The second-order valence-electron chi connectivity index (χ2n) is 5.27. The molecule has 1 aliphatic rings. The number of hydrogen-bond donors (Lipinski definition) is 2. The van der Waals surface area contributed by atoms with E-state index in [0.717, 1.165) is 36.6 Å². The normalized spacial score (nSPS) is 17.7. The second kappa shape index (κ2) is 7.00. The molecular weight excluding hydrogens is 300 g/mol. The number of aromatic nitrogens is 1. The molecule has 3 rings (SSSR count). The van der Waals surface area contributed by atoms with Gasteiger partial charge in [-0.2, -0.15) is 0 Å². The third-order valence-electron chi connectivity index (χ3n) is 3.61. The summed E-state index contributed by atoms with van der Waals surface area (Å²) in [5, 5.41) is 13.3. The van der Waals surface area contributed by atoms with Crippen molar-refractivity contribution >= 4 is 17.3 Å². The molecule has 0 amide bonds. The van der Waals surface area contributed by atoms with Crippen molar-refractivity contribution in [1.29, 1.82) is 0 Å². The highest BCUT2D eigenvalue weighted by molar-refractivity contribution is 7.11. The van der Waals surface area contributed by atoms with Gasteiger partial charge >= 0.3 is 5.97 Å². The minimum absolute atomic E-state index is 0.183. The van der Waals surface area contributed by atoms with Crippen molar-refractivity contribution in [3.05, 3.63) is 51.5 Å². The van der Waals surface area contributed by atoms with Crippen molar-refractivity contribution in [3.63, 3.8) is 0 Å². The van der Waals surface area contributed by atoms with E-state index in [1.807, 2.05) is 18.3 Å². The monoisotopic (exact) mass is 318 g/mol. The van der Waals surface area contributed by atoms with E-state index < -0.39 is 5.97 Å². The largest absolute Gasteiger partial charge is 0.478 e. The van der Waals surface area contributed by atoms with E-state index in [1.54, 1.807) is 23.5 Å². The predicted octanol–water partition coefficient (Wildman–Crippen LogP) is 2.98. The highest BCUT2D eigenvalue weighted by Crippen LogP contribution is 2.31. The first-order valence-corrected chi connectivity index (χ1v) is 8.13. The molecule has 1 saturated heterocycles. The van der Waals surface area contributed by atoms with Gasteiger partial charge in [0.05, 0.1) is 5.56 Å². The second-order valence-corrected chi connectivity index (χ2v) is 6.42. The van der Waals surface area contributed by atoms with Crippen LogP contribution in [0, 0.1) is 0 Å². The zero-order valence-corrected chi connectivity index (χ0v) is 12.9. The molecule has 1 fully saturated rings. The highest BCUT2D eigenvalue weighted by atomic mass is 32.1. The fourth-order valence-corrected chi connectivity index (χ4v) is 3.39. The number of thiazole rings is 1. The standard InChI is InChI=1S/C16H18N2O3S/c19-16(20)12-5-3-11(4-6-12)8-17-9-13-10-18-15(22-13)14-2-1-7-21-14/h3-6,10,14,17H,1-2,7-9H2,(H,19,20). The van der Waals surface area contributed by atoms with Gasteiger partial charge in [0.2, 0.25) is 0 Å². The molecule has 0 aliphatic carbocycles. The van der Waals surface area contributed by atoms with Crippen LogP contribution in [0.15, 0.2) is 30.5 Å². The van der Waals surface area contributed by atoms with Gasteiger partial charge in [-0.1, -0.05) is 12.1 Å². The van der Waals surface area contributed by atoms with Crippen molar-refractivity contribution in [2.75, 3.05) is 6.61 Å². The Hall–Kier alpha value is -1.76. The Bertz CT molecular complexity index is 633. The maximum Gasteiger partial charge on any atom is 0.335 e. The van der Waals surface area contributed by atoms with Crippen LogP contribution in [0.25, 0.3) is 0 Å². The van der Waals surface area contributed by atoms with Crippen LogP contribution in [0.4, 0.5) is 0 Å². The van der Waals surface area contributed by atoms with Crippen molar-refractivity contribution in [3.8, 4) is 0 Å². The van der Waals surface area contributed by atoms with E-state index >= 15 is 0 Å². The van der Waals surface area contributed by atoms with Gasteiger partial charge in [0, 0.05) is 30.8 Å². The van der Waals surface area contributed by atoms with Gasteiger partial charge in [-0.05, 0) is 30.5 Å². The lowest BCUT2D eigenvalue weighted by Crippen LogP contribution is -2.11. The van der Waals surface area contributed by atoms with E-state index in [1.165, 1.54) is 4.88 Å². The number of carbonyl (C=O) groups is 1. The fraction of sp³-hybridized carbons (Fsp3) is 0.375. The number of carboxylic acid groups (broad SMARTS) is 1. The minimum atomic E-state index is -0.897. The summed E-state index contributed by atoms with van der Waals surface area (Å²) in [5.74, 6) is -0.897. The molecule has 0 radical (unpaired) electrons. The van der Waals surface area contributed by atoms with Crippen LogP contribution in [0.5, 0.6) is 0 Å². The Morgan fingerprint density at radius 2 is 2.18 bits per heavy atom. The number of carboxylic acids is 1. The molecule has 2 N–H and O–H groups in total. The van der Waals surface area contributed by atoms with Gasteiger partial charge < -0.3 is 15.2 Å². The minimum Gasteiger partial charge on any atom is -0.478 e. The lowest BCUT2D eigenvalue weighted by atomic mass is 10.1. The third-order valence-corrected chi connectivity index (χ3v) is 4.70. The SMILES string of the molecule is O=C(O)c1ccc(CNCc2cnc(C3CCCO3)s2)cc1. The molecule has 5 nitrogen and oxygen atoms in total. The average Bonchev–Trinajstić information content (AvgIpc) is 3.19. The maximum atomic E-state index is 10.8. The summed E-state index contributed by atoms with van der Waals surface area (Å²) in [6, 6.07) is 6.92. The molecule has 22 heavy (non-hydrogen) atoms. The van der Waals surface area contributed by atoms with Crippen LogP contribution in [0.2, 0.25) is 0 Å². The van der Waals surface area contributed by atoms with Gasteiger partial charge in [-0.15, -0.1) is 11.3 Å². The van der Waals surface area contributed by atoms with E-state index in [9.17, 15) is 4.79 Å². The number of nitrogens with zero attached hydrogens (tertiary/aromatic N) is 1. The summed E-state index contributed by atoms with van der Waals surface area (Å²) in [4.78, 5) is 16.4. The molecule has 2 heterocycles. The zero-order chi connectivity index (χ0) is 15.4. The van der Waals surface area contributed by atoms with Gasteiger partial charge in [0.25, 0.3) is 0 Å². The Balaban J connectivity index is 1.49. The predicted molar refractivity (Wildman–Crippen MR) is 84.0 cm³/mol. The summed E-state index contributed by atoms with van der Waals surface area (Å²) in [6.45, 7) is 2.29. The number of benzene rings is 1. The molecular formula is C16H18N2O3S. The van der Waals surface area contributed by atoms with Crippen molar-refractivity contribution in [2.45, 2.75) is 32.0 Å². The van der Waals surface area contributed by atoms with E-state index in [4.69, 9.17) is 9.84 Å². The molecule has 0 spiro atoms. The Morgan fingerprint density at radius 3 is 2.86 bits per heavy atom. The van der Waals surface area contributed by atoms with Crippen molar-refractivity contribution < 1.29 is 14.6 Å². The lowest BCUT2D eigenvalue weighted by Gasteiger charge is -2.04. The number of aromatic carboxylic acids is 1. The molecule has 116 valence electrons. The molecule has 1 aromatic carbocycles. The number of ether oxygens (including phenoxy) is 1.